The highest BCUT2D eigenvalue weighted by Crippen LogP contribution is 2.13. The zero-order valence-electron chi connectivity index (χ0n) is 14.9. The van der Waals surface area contributed by atoms with Gasteiger partial charge in [-0.05, 0) is 32.4 Å². The summed E-state index contributed by atoms with van der Waals surface area (Å²) in [5, 5.41) is 4.55. The van der Waals surface area contributed by atoms with Gasteiger partial charge in [0, 0.05) is 25.3 Å². The van der Waals surface area contributed by atoms with Gasteiger partial charge in [0.1, 0.15) is 0 Å². The number of aryl methyl sites for hydroxylation is 2. The van der Waals surface area contributed by atoms with Gasteiger partial charge < -0.3 is 4.74 Å². The summed E-state index contributed by atoms with van der Waals surface area (Å²) in [6.07, 6.45) is 2.48. The first-order chi connectivity index (χ1) is 11.6. The standard InChI is InChI=1S/C20H27N3O/c1-16(11-19-7-5-4-6-8-19)13-22-9-10-24-20(14-22)15-23-18(3)12-17(2)21-23/h4-8,11-12,20H,9-10,13-15H2,1-3H3. The van der Waals surface area contributed by atoms with Crippen LogP contribution in [0.4, 0.5) is 0 Å². The van der Waals surface area contributed by atoms with Gasteiger partial charge in [0.05, 0.1) is 24.9 Å². The lowest BCUT2D eigenvalue weighted by atomic mass is 10.1. The molecule has 0 spiro atoms. The average Bonchev–Trinajstić information content (AvgIpc) is 2.86. The number of benzene rings is 1. The lowest BCUT2D eigenvalue weighted by Crippen LogP contribution is -2.44. The van der Waals surface area contributed by atoms with E-state index in [-0.39, 0.29) is 6.10 Å². The van der Waals surface area contributed by atoms with Gasteiger partial charge in [0.2, 0.25) is 0 Å². The molecule has 3 rings (SSSR count). The maximum Gasteiger partial charge on any atom is 0.0898 e. The van der Waals surface area contributed by atoms with Crippen LogP contribution in [0.3, 0.4) is 0 Å². The van der Waals surface area contributed by atoms with Crippen molar-refractivity contribution in [1.82, 2.24) is 14.7 Å². The van der Waals surface area contributed by atoms with Gasteiger partial charge in [-0.3, -0.25) is 9.58 Å². The molecular formula is C20H27N3O. The summed E-state index contributed by atoms with van der Waals surface area (Å²) in [5.41, 5.74) is 4.92. The van der Waals surface area contributed by atoms with Crippen molar-refractivity contribution in [1.29, 1.82) is 0 Å². The van der Waals surface area contributed by atoms with Gasteiger partial charge in [0.25, 0.3) is 0 Å². The van der Waals surface area contributed by atoms with Gasteiger partial charge in [-0.1, -0.05) is 42.0 Å². The quantitative estimate of drug-likeness (QED) is 0.845. The van der Waals surface area contributed by atoms with Crippen molar-refractivity contribution in [2.45, 2.75) is 33.4 Å². The van der Waals surface area contributed by atoms with E-state index in [0.717, 1.165) is 38.5 Å². The Morgan fingerprint density at radius 3 is 2.79 bits per heavy atom. The van der Waals surface area contributed by atoms with Crippen LogP contribution in [-0.2, 0) is 11.3 Å². The summed E-state index contributed by atoms with van der Waals surface area (Å²) in [6.45, 7) is 10.9. The first-order valence-electron chi connectivity index (χ1n) is 8.67. The molecule has 0 bridgehead atoms. The SMILES string of the molecule is CC(=Cc1ccccc1)CN1CCOC(Cn2nc(C)cc2C)C1. The maximum atomic E-state index is 5.95. The highest BCUT2D eigenvalue weighted by molar-refractivity contribution is 5.52. The minimum absolute atomic E-state index is 0.210. The van der Waals surface area contributed by atoms with Gasteiger partial charge >= 0.3 is 0 Å². The van der Waals surface area contributed by atoms with E-state index >= 15 is 0 Å². The van der Waals surface area contributed by atoms with E-state index < -0.39 is 0 Å². The molecule has 0 amide bonds. The third kappa shape index (κ3) is 4.56. The monoisotopic (exact) mass is 325 g/mol. The molecule has 1 aromatic carbocycles. The van der Waals surface area contributed by atoms with Crippen LogP contribution in [0.5, 0.6) is 0 Å². The fourth-order valence-electron chi connectivity index (χ4n) is 3.32. The summed E-state index contributed by atoms with van der Waals surface area (Å²) in [5.74, 6) is 0. The molecule has 4 heteroatoms. The smallest absolute Gasteiger partial charge is 0.0898 e. The zero-order chi connectivity index (χ0) is 16.9. The molecule has 1 aromatic heterocycles. The Kier molecular flexibility index (Phi) is 5.48. The van der Waals surface area contributed by atoms with Crippen LogP contribution in [0, 0.1) is 13.8 Å². The second-order valence-corrected chi connectivity index (χ2v) is 6.74. The number of morpholine rings is 1. The van der Waals surface area contributed by atoms with Crippen LogP contribution in [0.1, 0.15) is 23.9 Å². The largest absolute Gasteiger partial charge is 0.374 e. The summed E-state index contributed by atoms with van der Waals surface area (Å²) in [7, 11) is 0. The maximum absolute atomic E-state index is 5.95. The molecule has 1 fully saturated rings. The number of hydrogen-bond donors (Lipinski definition) is 0. The lowest BCUT2D eigenvalue weighted by molar-refractivity contribution is -0.0347. The Bertz CT molecular complexity index is 690. The molecule has 0 radical (unpaired) electrons. The van der Waals surface area contributed by atoms with Crippen molar-refractivity contribution in [3.8, 4) is 0 Å². The third-order valence-electron chi connectivity index (χ3n) is 4.39. The number of nitrogens with zero attached hydrogens (tertiary/aromatic N) is 3. The van der Waals surface area contributed by atoms with Gasteiger partial charge in [-0.25, -0.2) is 0 Å². The molecule has 128 valence electrons. The van der Waals surface area contributed by atoms with E-state index in [0.29, 0.717) is 0 Å². The van der Waals surface area contributed by atoms with E-state index in [9.17, 15) is 0 Å². The Morgan fingerprint density at radius 1 is 1.29 bits per heavy atom. The molecule has 2 heterocycles. The van der Waals surface area contributed by atoms with Crippen LogP contribution in [0.2, 0.25) is 0 Å². The topological polar surface area (TPSA) is 30.3 Å². The number of rotatable bonds is 5. The Hall–Kier alpha value is -1.91. The molecule has 0 saturated carbocycles. The third-order valence-corrected chi connectivity index (χ3v) is 4.39. The predicted octanol–water partition coefficient (Wildman–Crippen LogP) is 3.30. The second-order valence-electron chi connectivity index (χ2n) is 6.74. The van der Waals surface area contributed by atoms with Crippen molar-refractivity contribution in [3.05, 3.63) is 58.9 Å². The zero-order valence-corrected chi connectivity index (χ0v) is 14.9. The molecule has 1 saturated heterocycles. The molecule has 24 heavy (non-hydrogen) atoms. The molecular weight excluding hydrogens is 298 g/mol. The summed E-state index contributed by atoms with van der Waals surface area (Å²) >= 11 is 0. The highest BCUT2D eigenvalue weighted by atomic mass is 16.5. The molecule has 2 aromatic rings. The van der Waals surface area contributed by atoms with Crippen LogP contribution >= 0.6 is 0 Å². The van der Waals surface area contributed by atoms with E-state index in [1.807, 2.05) is 6.92 Å². The van der Waals surface area contributed by atoms with E-state index in [1.165, 1.54) is 16.8 Å². The summed E-state index contributed by atoms with van der Waals surface area (Å²) in [4.78, 5) is 2.48. The van der Waals surface area contributed by atoms with E-state index in [4.69, 9.17) is 4.74 Å². The van der Waals surface area contributed by atoms with Crippen LogP contribution in [-0.4, -0.2) is 47.0 Å². The lowest BCUT2D eigenvalue weighted by Gasteiger charge is -2.33. The van der Waals surface area contributed by atoms with Crippen molar-refractivity contribution < 1.29 is 4.74 Å². The van der Waals surface area contributed by atoms with Crippen molar-refractivity contribution in [2.24, 2.45) is 0 Å². The van der Waals surface area contributed by atoms with Gasteiger partial charge in [-0.2, -0.15) is 5.10 Å². The fraction of sp³-hybridized carbons (Fsp3) is 0.450. The predicted molar refractivity (Wildman–Crippen MR) is 98.0 cm³/mol. The van der Waals surface area contributed by atoms with Crippen LogP contribution in [0.25, 0.3) is 6.08 Å². The van der Waals surface area contributed by atoms with Gasteiger partial charge in [0.15, 0.2) is 0 Å². The Morgan fingerprint density at radius 2 is 2.08 bits per heavy atom. The van der Waals surface area contributed by atoms with Crippen LogP contribution < -0.4 is 0 Å². The van der Waals surface area contributed by atoms with E-state index in [2.05, 4.69) is 71.0 Å². The Balaban J connectivity index is 1.57. The second kappa shape index (κ2) is 7.77. The Labute approximate surface area is 144 Å². The van der Waals surface area contributed by atoms with Gasteiger partial charge in [-0.15, -0.1) is 0 Å². The average molecular weight is 325 g/mol. The normalized spacial score (nSPS) is 19.6. The van der Waals surface area contributed by atoms with Crippen molar-refractivity contribution in [3.63, 3.8) is 0 Å². The minimum atomic E-state index is 0.210. The first-order valence-corrected chi connectivity index (χ1v) is 8.67. The minimum Gasteiger partial charge on any atom is -0.374 e. The highest BCUT2D eigenvalue weighted by Gasteiger charge is 2.21. The fourth-order valence-corrected chi connectivity index (χ4v) is 3.32. The molecule has 1 atom stereocenters. The number of aromatic nitrogens is 2. The summed E-state index contributed by atoms with van der Waals surface area (Å²) < 4.78 is 8.02. The van der Waals surface area contributed by atoms with E-state index in [1.54, 1.807) is 0 Å². The molecule has 0 N–H and O–H groups in total. The molecule has 1 unspecified atom stereocenters. The molecule has 4 nitrogen and oxygen atoms in total. The first kappa shape index (κ1) is 16.9. The summed E-state index contributed by atoms with van der Waals surface area (Å²) in [6, 6.07) is 12.6. The van der Waals surface area contributed by atoms with Crippen LogP contribution in [0.15, 0.2) is 42.0 Å². The number of ether oxygens (including phenoxy) is 1. The van der Waals surface area contributed by atoms with Crippen molar-refractivity contribution in [2.75, 3.05) is 26.2 Å². The number of hydrogen-bond acceptors (Lipinski definition) is 3. The molecule has 1 aliphatic heterocycles. The molecule has 1 aliphatic rings. The molecule has 0 aliphatic carbocycles. The van der Waals surface area contributed by atoms with Crippen molar-refractivity contribution >= 4 is 6.08 Å².